The Labute approximate surface area is 146 Å². The Bertz CT molecular complexity index is 375. The number of rotatable bonds is 1. The van der Waals surface area contributed by atoms with Crippen molar-refractivity contribution in [2.24, 2.45) is 0 Å². The number of alkyl halides is 3. The standard InChI is InChI=1S/C10H11BrO.CHI3/c1-6-7(2)9(5-12)4-10(11)8(6)3;2-1(3)4/h4-5H,1-3H3;1H. The highest BCUT2D eigenvalue weighted by atomic mass is 127. The molecule has 0 aliphatic rings. The molecule has 16 heavy (non-hydrogen) atoms. The van der Waals surface area contributed by atoms with Gasteiger partial charge in [-0.2, -0.15) is 0 Å². The zero-order valence-electron chi connectivity index (χ0n) is 9.15. The number of hydrogen-bond donors (Lipinski definition) is 0. The first-order valence-electron chi connectivity index (χ1n) is 4.45. The SMILES string of the molecule is Cc1c(Br)cc(C=O)c(C)c1C.IC(I)I. The summed E-state index contributed by atoms with van der Waals surface area (Å²) < 4.78 is 1.75. The molecule has 0 unspecified atom stereocenters. The number of hydrogen-bond acceptors (Lipinski definition) is 1. The zero-order chi connectivity index (χ0) is 12.9. The highest BCUT2D eigenvalue weighted by Crippen LogP contribution is 2.24. The van der Waals surface area contributed by atoms with Gasteiger partial charge in [0.05, 0.1) is 0 Å². The monoisotopic (exact) mass is 620 g/mol. The Morgan fingerprint density at radius 1 is 1.12 bits per heavy atom. The lowest BCUT2D eigenvalue weighted by Crippen LogP contribution is -1.94. The third-order valence-corrected chi connectivity index (χ3v) is 3.15. The molecule has 0 N–H and O–H groups in total. The lowest BCUT2D eigenvalue weighted by molar-refractivity contribution is 0.112. The minimum Gasteiger partial charge on any atom is -0.298 e. The van der Waals surface area contributed by atoms with Crippen molar-refractivity contribution in [1.82, 2.24) is 0 Å². The van der Waals surface area contributed by atoms with Crippen LogP contribution in [0.3, 0.4) is 0 Å². The summed E-state index contributed by atoms with van der Waals surface area (Å²) in [5.74, 6) is 0. The molecule has 1 nitrogen and oxygen atoms in total. The molecule has 0 saturated carbocycles. The van der Waals surface area contributed by atoms with Gasteiger partial charge in [-0.1, -0.05) is 83.7 Å². The van der Waals surface area contributed by atoms with Gasteiger partial charge in [-0.15, -0.1) is 0 Å². The van der Waals surface area contributed by atoms with Gasteiger partial charge in [0, 0.05) is 10.0 Å². The van der Waals surface area contributed by atoms with Gasteiger partial charge < -0.3 is 0 Å². The van der Waals surface area contributed by atoms with Crippen LogP contribution in [-0.4, -0.2) is 6.22 Å². The minimum absolute atomic E-state index is 0.743. The molecule has 1 aromatic rings. The Hall–Kier alpha value is 1.56. The van der Waals surface area contributed by atoms with E-state index in [-0.39, 0.29) is 0 Å². The number of carbonyl (C=O) groups is 1. The van der Waals surface area contributed by atoms with Crippen LogP contribution in [0.25, 0.3) is 0 Å². The van der Waals surface area contributed by atoms with Crippen LogP contribution >= 0.6 is 83.7 Å². The largest absolute Gasteiger partial charge is 0.298 e. The third-order valence-electron chi connectivity index (χ3n) is 2.33. The number of benzene rings is 1. The molecular weight excluding hydrogens is 609 g/mol. The van der Waals surface area contributed by atoms with E-state index in [1.807, 2.05) is 26.8 Å². The van der Waals surface area contributed by atoms with E-state index in [1.165, 1.54) is 11.1 Å². The molecule has 0 spiro atoms. The highest BCUT2D eigenvalue weighted by Gasteiger charge is 2.06. The van der Waals surface area contributed by atoms with Crippen molar-refractivity contribution in [2.45, 2.75) is 20.7 Å². The maximum atomic E-state index is 10.6. The Morgan fingerprint density at radius 3 is 1.94 bits per heavy atom. The lowest BCUT2D eigenvalue weighted by atomic mass is 10.00. The van der Waals surface area contributed by atoms with Crippen molar-refractivity contribution < 1.29 is 4.79 Å². The first kappa shape index (κ1) is 17.6. The van der Waals surface area contributed by atoms with Gasteiger partial charge in [-0.25, -0.2) is 0 Å². The van der Waals surface area contributed by atoms with E-state index in [9.17, 15) is 4.79 Å². The van der Waals surface area contributed by atoms with Crippen LogP contribution in [0.1, 0.15) is 27.0 Å². The molecule has 90 valence electrons. The van der Waals surface area contributed by atoms with Crippen LogP contribution in [0.5, 0.6) is 0 Å². The van der Waals surface area contributed by atoms with E-state index in [0.29, 0.717) is 0 Å². The minimum atomic E-state index is 0.743. The van der Waals surface area contributed by atoms with Crippen LogP contribution in [0, 0.1) is 20.8 Å². The van der Waals surface area contributed by atoms with E-state index in [1.54, 1.807) is 0 Å². The van der Waals surface area contributed by atoms with Crippen LogP contribution in [-0.2, 0) is 0 Å². The summed E-state index contributed by atoms with van der Waals surface area (Å²) in [4.78, 5) is 10.6. The molecule has 0 aromatic heterocycles. The van der Waals surface area contributed by atoms with Gasteiger partial charge >= 0.3 is 0 Å². The third kappa shape index (κ3) is 5.94. The molecule has 0 bridgehead atoms. The highest BCUT2D eigenvalue weighted by molar-refractivity contribution is 14.3. The molecule has 0 saturated heterocycles. The van der Waals surface area contributed by atoms with Gasteiger partial charge in [-0.3, -0.25) is 4.79 Å². The van der Waals surface area contributed by atoms with Crippen LogP contribution < -0.4 is 0 Å². The maximum Gasteiger partial charge on any atom is 0.150 e. The molecule has 0 aliphatic heterocycles. The lowest BCUT2D eigenvalue weighted by Gasteiger charge is -2.08. The molecule has 0 fully saturated rings. The average Bonchev–Trinajstić information content (AvgIpc) is 2.19. The van der Waals surface area contributed by atoms with E-state index < -0.39 is 0 Å². The number of aldehydes is 1. The summed E-state index contributed by atoms with van der Waals surface area (Å²) in [6, 6.07) is 1.87. The quantitative estimate of drug-likeness (QED) is 0.222. The molecule has 1 aromatic carbocycles. The number of carbonyl (C=O) groups excluding carboxylic acids is 1. The second kappa shape index (κ2) is 8.63. The Morgan fingerprint density at radius 2 is 1.56 bits per heavy atom. The fourth-order valence-electron chi connectivity index (χ4n) is 1.15. The van der Waals surface area contributed by atoms with E-state index in [4.69, 9.17) is 0 Å². The summed E-state index contributed by atoms with van der Waals surface area (Å²) in [5, 5.41) is 0. The van der Waals surface area contributed by atoms with Crippen molar-refractivity contribution in [3.63, 3.8) is 0 Å². The van der Waals surface area contributed by atoms with Crippen molar-refractivity contribution in [2.75, 3.05) is 0 Å². The van der Waals surface area contributed by atoms with Gasteiger partial charge in [0.15, 0.2) is 0 Å². The fraction of sp³-hybridized carbons (Fsp3) is 0.364. The predicted octanol–water partition coefficient (Wildman–Crippen LogP) is 5.76. The summed E-state index contributed by atoms with van der Waals surface area (Å²) in [6.07, 6.45) is 0.895. The predicted molar refractivity (Wildman–Crippen MR) is 99.6 cm³/mol. The van der Waals surface area contributed by atoms with Gasteiger partial charge in [0.25, 0.3) is 0 Å². The normalized spacial score (nSPS) is 9.75. The van der Waals surface area contributed by atoms with E-state index >= 15 is 0 Å². The topological polar surface area (TPSA) is 17.1 Å². The molecule has 5 heteroatoms. The second-order valence-electron chi connectivity index (χ2n) is 3.19. The summed E-state index contributed by atoms with van der Waals surface area (Å²) in [7, 11) is 0. The number of halogens is 4. The molecular formula is C11H12BrI3O. The molecule has 0 radical (unpaired) electrons. The van der Waals surface area contributed by atoms with E-state index in [2.05, 4.69) is 83.7 Å². The van der Waals surface area contributed by atoms with Crippen molar-refractivity contribution in [1.29, 1.82) is 0 Å². The summed E-state index contributed by atoms with van der Waals surface area (Å²) >= 11 is 10.4. The smallest absolute Gasteiger partial charge is 0.150 e. The van der Waals surface area contributed by atoms with Gasteiger partial charge in [-0.05, 0) is 43.5 Å². The van der Waals surface area contributed by atoms with Crippen molar-refractivity contribution in [3.05, 3.63) is 32.8 Å². The van der Waals surface area contributed by atoms with Crippen LogP contribution in [0.15, 0.2) is 10.5 Å². The molecule has 0 aliphatic carbocycles. The maximum absolute atomic E-state index is 10.6. The van der Waals surface area contributed by atoms with E-state index in [0.717, 1.165) is 21.8 Å². The second-order valence-corrected chi connectivity index (χ2v) is 14.9. The molecule has 0 atom stereocenters. The van der Waals surface area contributed by atoms with Crippen molar-refractivity contribution >= 4 is 90.0 Å². The average molecular weight is 621 g/mol. The van der Waals surface area contributed by atoms with Gasteiger partial charge in [0.1, 0.15) is 6.22 Å². The first-order chi connectivity index (χ1) is 7.31. The molecule has 0 amide bonds. The molecule has 0 heterocycles. The summed E-state index contributed by atoms with van der Waals surface area (Å²) in [6.45, 7) is 6.04. The van der Waals surface area contributed by atoms with Crippen LogP contribution in [0.2, 0.25) is 0 Å². The Kier molecular flexibility index (Phi) is 9.47. The summed E-state index contributed by atoms with van der Waals surface area (Å²) in [5.41, 5.74) is 4.24. The van der Waals surface area contributed by atoms with Crippen LogP contribution in [0.4, 0.5) is 0 Å². The van der Waals surface area contributed by atoms with Gasteiger partial charge in [0.2, 0.25) is 0 Å². The Balaban J connectivity index is 0.000000487. The molecule has 1 rings (SSSR count). The van der Waals surface area contributed by atoms with Crippen molar-refractivity contribution in [3.8, 4) is 0 Å². The zero-order valence-corrected chi connectivity index (χ0v) is 17.2. The fourth-order valence-corrected chi connectivity index (χ4v) is 1.70. The first-order valence-corrected chi connectivity index (χ1v) is 8.98.